The van der Waals surface area contributed by atoms with Gasteiger partial charge in [0.05, 0.1) is 11.9 Å². The standard InChI is InChI=1S/C16H24N2O5S/c1-12(2)17-16(19)5-4-8-18(24(3,20)21)13-6-7-14-15(11-13)23-10-9-22-14/h6-7,11-12H,4-5,8-10H2,1-3H3,(H,17,19). The highest BCUT2D eigenvalue weighted by Gasteiger charge is 2.21. The Balaban J connectivity index is 2.08. The molecule has 0 fully saturated rings. The van der Waals surface area contributed by atoms with Crippen molar-refractivity contribution in [2.24, 2.45) is 0 Å². The molecule has 24 heavy (non-hydrogen) atoms. The number of fused-ring (bicyclic) bond motifs is 1. The number of nitrogens with one attached hydrogen (secondary N) is 1. The van der Waals surface area contributed by atoms with Gasteiger partial charge in [0.15, 0.2) is 11.5 Å². The number of amides is 1. The minimum Gasteiger partial charge on any atom is -0.486 e. The molecule has 1 aromatic carbocycles. The highest BCUT2D eigenvalue weighted by molar-refractivity contribution is 7.92. The van der Waals surface area contributed by atoms with Crippen molar-refractivity contribution in [3.05, 3.63) is 18.2 Å². The van der Waals surface area contributed by atoms with Crippen LogP contribution in [0, 0.1) is 0 Å². The number of nitrogens with zero attached hydrogens (tertiary/aromatic N) is 1. The molecule has 1 aliphatic rings. The van der Waals surface area contributed by atoms with E-state index in [4.69, 9.17) is 9.47 Å². The van der Waals surface area contributed by atoms with Gasteiger partial charge in [0.25, 0.3) is 0 Å². The van der Waals surface area contributed by atoms with Crippen molar-refractivity contribution in [1.29, 1.82) is 0 Å². The molecule has 0 spiro atoms. The van der Waals surface area contributed by atoms with Gasteiger partial charge in [-0.3, -0.25) is 9.10 Å². The maximum absolute atomic E-state index is 12.1. The number of anilines is 1. The zero-order valence-electron chi connectivity index (χ0n) is 14.2. The number of carbonyl (C=O) groups excluding carboxylic acids is 1. The summed E-state index contributed by atoms with van der Waals surface area (Å²) in [7, 11) is -3.46. The van der Waals surface area contributed by atoms with Gasteiger partial charge in [-0.1, -0.05) is 0 Å². The number of ether oxygens (including phenoxy) is 2. The van der Waals surface area contributed by atoms with E-state index in [1.54, 1.807) is 18.2 Å². The number of sulfonamides is 1. The third kappa shape index (κ3) is 5.02. The summed E-state index contributed by atoms with van der Waals surface area (Å²) in [5, 5.41) is 2.79. The van der Waals surface area contributed by atoms with Crippen molar-refractivity contribution in [3.63, 3.8) is 0 Å². The summed E-state index contributed by atoms with van der Waals surface area (Å²) >= 11 is 0. The molecule has 0 saturated heterocycles. The second-order valence-electron chi connectivity index (χ2n) is 5.99. The predicted octanol–water partition coefficient (Wildman–Crippen LogP) is 1.53. The van der Waals surface area contributed by atoms with Gasteiger partial charge >= 0.3 is 0 Å². The quantitative estimate of drug-likeness (QED) is 0.801. The average Bonchev–Trinajstić information content (AvgIpc) is 2.49. The van der Waals surface area contributed by atoms with Gasteiger partial charge in [0.1, 0.15) is 13.2 Å². The zero-order chi connectivity index (χ0) is 17.7. The summed E-state index contributed by atoms with van der Waals surface area (Å²) in [6.45, 7) is 4.91. The van der Waals surface area contributed by atoms with Crippen molar-refractivity contribution >= 4 is 21.6 Å². The summed E-state index contributed by atoms with van der Waals surface area (Å²) < 4.78 is 36.4. The topological polar surface area (TPSA) is 84.9 Å². The molecule has 7 nitrogen and oxygen atoms in total. The van der Waals surface area contributed by atoms with Crippen LogP contribution < -0.4 is 19.1 Å². The van der Waals surface area contributed by atoms with Crippen molar-refractivity contribution in [3.8, 4) is 11.5 Å². The molecule has 2 rings (SSSR count). The van der Waals surface area contributed by atoms with Crippen LogP contribution in [-0.2, 0) is 14.8 Å². The van der Waals surface area contributed by atoms with Crippen LogP contribution in [0.4, 0.5) is 5.69 Å². The van der Waals surface area contributed by atoms with Gasteiger partial charge in [0, 0.05) is 25.1 Å². The summed E-state index contributed by atoms with van der Waals surface area (Å²) in [6, 6.07) is 5.11. The first kappa shape index (κ1) is 18.4. The van der Waals surface area contributed by atoms with Gasteiger partial charge in [-0.15, -0.1) is 0 Å². The smallest absolute Gasteiger partial charge is 0.232 e. The second kappa shape index (κ2) is 7.74. The van der Waals surface area contributed by atoms with Gasteiger partial charge in [-0.05, 0) is 32.4 Å². The van der Waals surface area contributed by atoms with E-state index < -0.39 is 10.0 Å². The molecular weight excluding hydrogens is 332 g/mol. The maximum atomic E-state index is 12.1. The molecule has 1 heterocycles. The Labute approximate surface area is 143 Å². The molecule has 8 heteroatoms. The minimum atomic E-state index is -3.46. The largest absolute Gasteiger partial charge is 0.486 e. The lowest BCUT2D eigenvalue weighted by Crippen LogP contribution is -2.33. The minimum absolute atomic E-state index is 0.0707. The van der Waals surface area contributed by atoms with Crippen molar-refractivity contribution < 1.29 is 22.7 Å². The number of hydrogen-bond donors (Lipinski definition) is 1. The number of hydrogen-bond acceptors (Lipinski definition) is 5. The van der Waals surface area contributed by atoms with Crippen LogP contribution in [0.1, 0.15) is 26.7 Å². The molecule has 0 atom stereocenters. The van der Waals surface area contributed by atoms with Crippen LogP contribution in [0.2, 0.25) is 0 Å². The molecule has 1 aromatic rings. The van der Waals surface area contributed by atoms with Crippen LogP contribution in [-0.4, -0.2) is 46.4 Å². The Hall–Kier alpha value is -1.96. The molecule has 0 radical (unpaired) electrons. The number of benzene rings is 1. The van der Waals surface area contributed by atoms with Crippen LogP contribution in [0.5, 0.6) is 11.5 Å². The van der Waals surface area contributed by atoms with E-state index in [1.165, 1.54) is 4.31 Å². The summed E-state index contributed by atoms with van der Waals surface area (Å²) in [6.07, 6.45) is 1.85. The summed E-state index contributed by atoms with van der Waals surface area (Å²) in [5.41, 5.74) is 0.506. The number of carbonyl (C=O) groups is 1. The lowest BCUT2D eigenvalue weighted by molar-refractivity contribution is -0.121. The molecule has 0 saturated carbocycles. The van der Waals surface area contributed by atoms with E-state index in [9.17, 15) is 13.2 Å². The molecule has 1 amide bonds. The Bertz CT molecular complexity index is 688. The molecule has 1 aliphatic heterocycles. The molecule has 0 unspecified atom stereocenters. The fraction of sp³-hybridized carbons (Fsp3) is 0.562. The lowest BCUT2D eigenvalue weighted by Gasteiger charge is -2.25. The van der Waals surface area contributed by atoms with E-state index in [-0.39, 0.29) is 24.9 Å². The van der Waals surface area contributed by atoms with E-state index in [2.05, 4.69) is 5.32 Å². The maximum Gasteiger partial charge on any atom is 0.232 e. The average molecular weight is 356 g/mol. The molecular formula is C16H24N2O5S. The van der Waals surface area contributed by atoms with E-state index in [1.807, 2.05) is 13.8 Å². The van der Waals surface area contributed by atoms with Crippen LogP contribution in [0.3, 0.4) is 0 Å². The van der Waals surface area contributed by atoms with Crippen molar-refractivity contribution in [1.82, 2.24) is 5.32 Å². The Morgan fingerprint density at radius 1 is 1.25 bits per heavy atom. The first-order valence-electron chi connectivity index (χ1n) is 7.94. The molecule has 134 valence electrons. The van der Waals surface area contributed by atoms with Crippen molar-refractivity contribution in [2.45, 2.75) is 32.7 Å². The first-order valence-corrected chi connectivity index (χ1v) is 9.79. The van der Waals surface area contributed by atoms with Crippen LogP contribution in [0.25, 0.3) is 0 Å². The fourth-order valence-corrected chi connectivity index (χ4v) is 3.41. The van der Waals surface area contributed by atoms with Gasteiger partial charge in [-0.2, -0.15) is 0 Å². The monoisotopic (exact) mass is 356 g/mol. The lowest BCUT2D eigenvalue weighted by atomic mass is 10.2. The van der Waals surface area contributed by atoms with E-state index >= 15 is 0 Å². The molecule has 1 N–H and O–H groups in total. The number of rotatable bonds is 7. The van der Waals surface area contributed by atoms with Gasteiger partial charge < -0.3 is 14.8 Å². The SMILES string of the molecule is CC(C)NC(=O)CCCN(c1ccc2c(c1)OCCO2)S(C)(=O)=O. The third-order valence-electron chi connectivity index (χ3n) is 3.43. The molecule has 0 aliphatic carbocycles. The molecule has 0 aromatic heterocycles. The Kier molecular flexibility index (Phi) is 5.93. The van der Waals surface area contributed by atoms with E-state index in [0.29, 0.717) is 36.8 Å². The normalized spacial score (nSPS) is 13.7. The predicted molar refractivity (Wildman–Crippen MR) is 92.1 cm³/mol. The summed E-state index contributed by atoms with van der Waals surface area (Å²) in [5.74, 6) is 1.06. The highest BCUT2D eigenvalue weighted by Crippen LogP contribution is 2.34. The van der Waals surface area contributed by atoms with Crippen molar-refractivity contribution in [2.75, 3.05) is 30.3 Å². The Morgan fingerprint density at radius 3 is 2.54 bits per heavy atom. The second-order valence-corrected chi connectivity index (χ2v) is 7.90. The molecule has 0 bridgehead atoms. The highest BCUT2D eigenvalue weighted by atomic mass is 32.2. The fourth-order valence-electron chi connectivity index (χ4n) is 2.45. The van der Waals surface area contributed by atoms with E-state index in [0.717, 1.165) is 6.26 Å². The van der Waals surface area contributed by atoms with Gasteiger partial charge in [0.2, 0.25) is 15.9 Å². The Morgan fingerprint density at radius 2 is 1.92 bits per heavy atom. The third-order valence-corrected chi connectivity index (χ3v) is 4.62. The van der Waals surface area contributed by atoms with Gasteiger partial charge in [-0.25, -0.2) is 8.42 Å². The van der Waals surface area contributed by atoms with Crippen LogP contribution in [0.15, 0.2) is 18.2 Å². The zero-order valence-corrected chi connectivity index (χ0v) is 15.1. The first-order chi connectivity index (χ1) is 11.3. The van der Waals surface area contributed by atoms with Crippen LogP contribution >= 0.6 is 0 Å². The summed E-state index contributed by atoms with van der Waals surface area (Å²) in [4.78, 5) is 11.7.